The van der Waals surface area contributed by atoms with Crippen LogP contribution in [0.15, 0.2) is 23.7 Å². The number of hydrogen-bond acceptors (Lipinski definition) is 4. The molecular weight excluding hydrogens is 286 g/mol. The Morgan fingerprint density at radius 2 is 2.26 bits per heavy atom. The molecule has 5 nitrogen and oxygen atoms in total. The number of carboxylic acid groups (broad SMARTS) is 1. The van der Waals surface area contributed by atoms with Crippen molar-refractivity contribution in [1.82, 2.24) is 14.6 Å². The Bertz CT molecular complexity index is 793. The van der Waals surface area contributed by atoms with Crippen molar-refractivity contribution in [1.29, 1.82) is 0 Å². The number of carboxylic acids is 1. The number of halogens is 1. The molecule has 0 atom stereocenters. The molecule has 0 bridgehead atoms. The molecule has 0 aliphatic carbocycles. The second-order valence-electron chi connectivity index (χ2n) is 4.03. The predicted octanol–water partition coefficient (Wildman–Crippen LogP) is 3.12. The second kappa shape index (κ2) is 4.32. The van der Waals surface area contributed by atoms with Crippen molar-refractivity contribution in [3.05, 3.63) is 39.9 Å². The molecule has 3 rings (SSSR count). The molecule has 0 aliphatic heterocycles. The predicted molar refractivity (Wildman–Crippen MR) is 73.0 cm³/mol. The molecule has 0 radical (unpaired) electrons. The molecule has 3 heterocycles. The van der Waals surface area contributed by atoms with Crippen LogP contribution in [-0.4, -0.2) is 25.7 Å². The van der Waals surface area contributed by atoms with Crippen molar-refractivity contribution in [3.63, 3.8) is 0 Å². The molecule has 7 heteroatoms. The lowest BCUT2D eigenvalue weighted by Crippen LogP contribution is -2.00. The summed E-state index contributed by atoms with van der Waals surface area (Å²) in [6, 6.07) is 3.35. The first-order chi connectivity index (χ1) is 9.08. The minimum absolute atomic E-state index is 0.104. The van der Waals surface area contributed by atoms with E-state index in [0.717, 1.165) is 10.4 Å². The van der Waals surface area contributed by atoms with Gasteiger partial charge in [0.25, 0.3) is 0 Å². The SMILES string of the molecule is Cc1ccsc1-c1nnc2c(Cl)cc(C(=O)O)cn12. The maximum Gasteiger partial charge on any atom is 0.337 e. The summed E-state index contributed by atoms with van der Waals surface area (Å²) >= 11 is 7.57. The first kappa shape index (κ1) is 12.1. The van der Waals surface area contributed by atoms with Gasteiger partial charge in [-0.1, -0.05) is 11.6 Å². The fourth-order valence-electron chi connectivity index (χ4n) is 1.83. The number of aryl methyl sites for hydroxylation is 1. The van der Waals surface area contributed by atoms with Crippen molar-refractivity contribution >= 4 is 34.6 Å². The Kier molecular flexibility index (Phi) is 2.76. The molecule has 0 spiro atoms. The zero-order valence-electron chi connectivity index (χ0n) is 9.79. The maximum atomic E-state index is 11.1. The van der Waals surface area contributed by atoms with Gasteiger partial charge in [0.2, 0.25) is 0 Å². The fourth-order valence-corrected chi connectivity index (χ4v) is 2.98. The molecule has 1 N–H and O–H groups in total. The van der Waals surface area contributed by atoms with Crippen molar-refractivity contribution < 1.29 is 9.90 Å². The van der Waals surface area contributed by atoms with Gasteiger partial charge in [-0.15, -0.1) is 21.5 Å². The monoisotopic (exact) mass is 293 g/mol. The Balaban J connectivity index is 2.33. The lowest BCUT2D eigenvalue weighted by Gasteiger charge is -2.02. The summed E-state index contributed by atoms with van der Waals surface area (Å²) in [6.45, 7) is 1.97. The molecule has 19 heavy (non-hydrogen) atoms. The number of pyridine rings is 1. The molecule has 3 aromatic rings. The van der Waals surface area contributed by atoms with Crippen molar-refractivity contribution in [2.45, 2.75) is 6.92 Å². The average molecular weight is 294 g/mol. The lowest BCUT2D eigenvalue weighted by atomic mass is 10.2. The van der Waals surface area contributed by atoms with Gasteiger partial charge >= 0.3 is 5.97 Å². The van der Waals surface area contributed by atoms with Crippen LogP contribution in [0.3, 0.4) is 0 Å². The van der Waals surface area contributed by atoms with Crippen LogP contribution in [0.1, 0.15) is 15.9 Å². The van der Waals surface area contributed by atoms with Crippen molar-refractivity contribution in [3.8, 4) is 10.7 Å². The third-order valence-electron chi connectivity index (χ3n) is 2.77. The van der Waals surface area contributed by atoms with E-state index < -0.39 is 5.97 Å². The molecule has 0 aromatic carbocycles. The van der Waals surface area contributed by atoms with E-state index in [1.807, 2.05) is 18.4 Å². The van der Waals surface area contributed by atoms with Gasteiger partial charge in [-0.05, 0) is 30.0 Å². The standard InChI is InChI=1S/C12H8ClN3O2S/c1-6-2-3-19-9(6)11-15-14-10-8(13)4-7(12(17)18)5-16(10)11/h2-5H,1H3,(H,17,18). The number of hydrogen-bond donors (Lipinski definition) is 1. The smallest absolute Gasteiger partial charge is 0.337 e. The molecule has 0 fully saturated rings. The van der Waals surface area contributed by atoms with Crippen LogP contribution in [0.5, 0.6) is 0 Å². The van der Waals surface area contributed by atoms with Crippen LogP contribution in [-0.2, 0) is 0 Å². The zero-order chi connectivity index (χ0) is 13.6. The summed E-state index contributed by atoms with van der Waals surface area (Å²) in [5, 5.41) is 19.4. The van der Waals surface area contributed by atoms with Crippen LogP contribution < -0.4 is 0 Å². The number of rotatable bonds is 2. The molecule has 0 aliphatic rings. The molecule has 0 saturated carbocycles. The van der Waals surface area contributed by atoms with Crippen LogP contribution >= 0.6 is 22.9 Å². The van der Waals surface area contributed by atoms with Gasteiger partial charge in [0, 0.05) is 6.20 Å². The molecule has 3 aromatic heterocycles. The van der Waals surface area contributed by atoms with Gasteiger partial charge in [0.15, 0.2) is 11.5 Å². The third-order valence-corrected chi connectivity index (χ3v) is 4.06. The van der Waals surface area contributed by atoms with Gasteiger partial charge in [-0.25, -0.2) is 4.79 Å². The van der Waals surface area contributed by atoms with Crippen molar-refractivity contribution in [2.24, 2.45) is 0 Å². The molecule has 96 valence electrons. The summed E-state index contributed by atoms with van der Waals surface area (Å²) < 4.78 is 1.62. The van der Waals surface area contributed by atoms with Crippen LogP contribution in [0.4, 0.5) is 0 Å². The van der Waals surface area contributed by atoms with Gasteiger partial charge in [0.1, 0.15) is 0 Å². The summed E-state index contributed by atoms with van der Waals surface area (Å²) in [5.74, 6) is -0.432. The van der Waals surface area contributed by atoms with E-state index >= 15 is 0 Å². The minimum atomic E-state index is -1.04. The average Bonchev–Trinajstić information content (AvgIpc) is 2.94. The van der Waals surface area contributed by atoms with Gasteiger partial charge in [0.05, 0.1) is 15.5 Å². The second-order valence-corrected chi connectivity index (χ2v) is 5.36. The third kappa shape index (κ3) is 1.89. The Hall–Kier alpha value is -1.92. The highest BCUT2D eigenvalue weighted by atomic mass is 35.5. The van der Waals surface area contributed by atoms with E-state index in [4.69, 9.17) is 16.7 Å². The van der Waals surface area contributed by atoms with Crippen LogP contribution in [0.25, 0.3) is 16.3 Å². The molecule has 0 unspecified atom stereocenters. The van der Waals surface area contributed by atoms with E-state index in [2.05, 4.69) is 10.2 Å². The van der Waals surface area contributed by atoms with E-state index in [0.29, 0.717) is 11.5 Å². The number of aromatic nitrogens is 3. The summed E-state index contributed by atoms with van der Waals surface area (Å²) in [4.78, 5) is 12.0. The van der Waals surface area contributed by atoms with Crippen molar-refractivity contribution in [2.75, 3.05) is 0 Å². The first-order valence-corrected chi connectivity index (χ1v) is 6.65. The Morgan fingerprint density at radius 1 is 1.47 bits per heavy atom. The topological polar surface area (TPSA) is 67.5 Å². The van der Waals surface area contributed by atoms with E-state index in [1.165, 1.54) is 23.6 Å². The number of aromatic carboxylic acids is 1. The summed E-state index contributed by atoms with van der Waals surface area (Å²) in [7, 11) is 0. The summed E-state index contributed by atoms with van der Waals surface area (Å²) in [5.41, 5.74) is 1.62. The number of fused-ring (bicyclic) bond motifs is 1. The van der Waals surface area contributed by atoms with Gasteiger partial charge < -0.3 is 5.11 Å². The molecule has 0 amide bonds. The summed E-state index contributed by atoms with van der Waals surface area (Å²) in [6.07, 6.45) is 1.48. The van der Waals surface area contributed by atoms with Gasteiger partial charge in [-0.3, -0.25) is 4.40 Å². The number of carbonyl (C=O) groups is 1. The lowest BCUT2D eigenvalue weighted by molar-refractivity contribution is 0.0696. The first-order valence-electron chi connectivity index (χ1n) is 5.40. The highest BCUT2D eigenvalue weighted by Gasteiger charge is 2.16. The fraction of sp³-hybridized carbons (Fsp3) is 0.0833. The van der Waals surface area contributed by atoms with E-state index in [1.54, 1.807) is 4.40 Å². The zero-order valence-corrected chi connectivity index (χ0v) is 11.4. The van der Waals surface area contributed by atoms with E-state index in [-0.39, 0.29) is 10.6 Å². The van der Waals surface area contributed by atoms with Crippen LogP contribution in [0.2, 0.25) is 5.02 Å². The van der Waals surface area contributed by atoms with Gasteiger partial charge in [-0.2, -0.15) is 0 Å². The van der Waals surface area contributed by atoms with Crippen LogP contribution in [0, 0.1) is 6.92 Å². The Labute approximate surface area is 117 Å². The number of nitrogens with zero attached hydrogens (tertiary/aromatic N) is 3. The molecule has 0 saturated heterocycles. The Morgan fingerprint density at radius 3 is 2.89 bits per heavy atom. The molecular formula is C12H8ClN3O2S. The minimum Gasteiger partial charge on any atom is -0.478 e. The highest BCUT2D eigenvalue weighted by Crippen LogP contribution is 2.29. The largest absolute Gasteiger partial charge is 0.478 e. The maximum absolute atomic E-state index is 11.1. The normalized spacial score (nSPS) is 11.1. The highest BCUT2D eigenvalue weighted by molar-refractivity contribution is 7.13. The van der Waals surface area contributed by atoms with E-state index in [9.17, 15) is 4.79 Å². The quantitative estimate of drug-likeness (QED) is 0.788. The number of thiophene rings is 1.